The van der Waals surface area contributed by atoms with Crippen molar-refractivity contribution in [3.63, 3.8) is 0 Å². The van der Waals surface area contributed by atoms with E-state index in [-0.39, 0.29) is 21.6 Å². The smallest absolute Gasteiger partial charge is 0.152 e. The van der Waals surface area contributed by atoms with Gasteiger partial charge in [-0.1, -0.05) is 0 Å². The van der Waals surface area contributed by atoms with E-state index < -0.39 is 11.6 Å². The van der Waals surface area contributed by atoms with Gasteiger partial charge >= 0.3 is 0 Å². The van der Waals surface area contributed by atoms with Crippen LogP contribution in [0, 0.1) is 11.6 Å². The summed E-state index contributed by atoms with van der Waals surface area (Å²) in [6.07, 6.45) is 4.16. The zero-order valence-electron chi connectivity index (χ0n) is 9.50. The molecule has 1 unspecified atom stereocenters. The predicted octanol–water partition coefficient (Wildman–Crippen LogP) is 3.78. The topological polar surface area (TPSA) is 27.1 Å². The monoisotopic (exact) mass is 316 g/mol. The maximum Gasteiger partial charge on any atom is 0.152 e. The summed E-state index contributed by atoms with van der Waals surface area (Å²) in [6.45, 7) is 0.662. The van der Waals surface area contributed by atoms with Gasteiger partial charge in [0, 0.05) is 12.8 Å². The lowest BCUT2D eigenvalue weighted by atomic mass is 10.2. The van der Waals surface area contributed by atoms with Crippen LogP contribution in [0.5, 0.6) is 0 Å². The molecule has 1 fully saturated rings. The average Bonchev–Trinajstić information content (AvgIpc) is 2.83. The average molecular weight is 317 g/mol. The first-order valence-corrected chi connectivity index (χ1v) is 6.60. The van der Waals surface area contributed by atoms with Gasteiger partial charge in [-0.25, -0.2) is 13.5 Å². The normalized spacial score (nSPS) is 20.5. The maximum atomic E-state index is 13.9. The van der Waals surface area contributed by atoms with Crippen LogP contribution in [0.3, 0.4) is 0 Å². The number of nitrogens with zero attached hydrogens (tertiary/aromatic N) is 2. The summed E-state index contributed by atoms with van der Waals surface area (Å²) in [6, 6.07) is 1.09. The molecule has 0 saturated carbocycles. The largest absolute Gasteiger partial charge is 0.357 e. The zero-order chi connectivity index (χ0) is 12.7. The van der Waals surface area contributed by atoms with Gasteiger partial charge in [0.05, 0.1) is 9.86 Å². The molecular weight excluding hydrogens is 306 g/mol. The second-order valence-electron chi connectivity index (χ2n) is 4.35. The Morgan fingerprint density at radius 3 is 2.94 bits per heavy atom. The fraction of sp³-hybridized carbons (Fsp3) is 0.417. The third kappa shape index (κ3) is 1.93. The molecule has 0 aliphatic carbocycles. The van der Waals surface area contributed by atoms with Crippen LogP contribution >= 0.6 is 15.9 Å². The van der Waals surface area contributed by atoms with Gasteiger partial charge in [-0.3, -0.25) is 0 Å². The Balaban J connectivity index is 2.10. The summed E-state index contributed by atoms with van der Waals surface area (Å²) in [5, 5.41) is 4.27. The van der Waals surface area contributed by atoms with Crippen molar-refractivity contribution in [2.24, 2.45) is 0 Å². The molecule has 6 heteroatoms. The molecule has 2 heterocycles. The van der Waals surface area contributed by atoms with Gasteiger partial charge in [0.25, 0.3) is 0 Å². The van der Waals surface area contributed by atoms with Crippen LogP contribution in [0.15, 0.2) is 16.7 Å². The number of halogens is 3. The van der Waals surface area contributed by atoms with Crippen LogP contribution in [0.2, 0.25) is 0 Å². The van der Waals surface area contributed by atoms with Crippen molar-refractivity contribution in [2.75, 3.05) is 6.61 Å². The molecule has 96 valence electrons. The van der Waals surface area contributed by atoms with Crippen molar-refractivity contribution in [3.05, 3.63) is 28.4 Å². The Bertz CT molecular complexity index is 593. The number of aromatic nitrogens is 2. The summed E-state index contributed by atoms with van der Waals surface area (Å²) in [5.41, 5.74) is 0.0462. The third-order valence-corrected chi connectivity index (χ3v) is 3.69. The first-order chi connectivity index (χ1) is 8.66. The Labute approximate surface area is 111 Å². The second kappa shape index (κ2) is 4.59. The molecular formula is C12H11BrF2N2O. The van der Waals surface area contributed by atoms with Crippen molar-refractivity contribution < 1.29 is 13.5 Å². The number of hydrogen-bond donors (Lipinski definition) is 0. The van der Waals surface area contributed by atoms with Gasteiger partial charge in [0.1, 0.15) is 17.6 Å². The highest BCUT2D eigenvalue weighted by Gasteiger charge is 2.20. The molecule has 3 nitrogen and oxygen atoms in total. The summed E-state index contributed by atoms with van der Waals surface area (Å²) >= 11 is 2.99. The summed E-state index contributed by atoms with van der Waals surface area (Å²) in [4.78, 5) is 0. The Morgan fingerprint density at radius 1 is 1.39 bits per heavy atom. The lowest BCUT2D eigenvalue weighted by Crippen LogP contribution is -2.18. The first-order valence-electron chi connectivity index (χ1n) is 5.81. The molecule has 0 amide bonds. The summed E-state index contributed by atoms with van der Waals surface area (Å²) < 4.78 is 34.7. The van der Waals surface area contributed by atoms with E-state index in [0.29, 0.717) is 6.61 Å². The Kier molecular flexibility index (Phi) is 3.07. The second-order valence-corrected chi connectivity index (χ2v) is 5.20. The Hall–Kier alpha value is -1.01. The molecule has 1 aliphatic rings. The van der Waals surface area contributed by atoms with E-state index in [1.165, 1.54) is 10.9 Å². The molecule has 1 aliphatic heterocycles. The van der Waals surface area contributed by atoms with E-state index in [4.69, 9.17) is 4.74 Å². The Morgan fingerprint density at radius 2 is 2.22 bits per heavy atom. The number of hydrogen-bond acceptors (Lipinski definition) is 2. The number of ether oxygens (including phenoxy) is 1. The molecule has 1 atom stereocenters. The molecule has 0 spiro atoms. The highest BCUT2D eigenvalue weighted by Crippen LogP contribution is 2.29. The van der Waals surface area contributed by atoms with E-state index in [2.05, 4.69) is 21.0 Å². The lowest BCUT2D eigenvalue weighted by molar-refractivity contribution is -0.0391. The van der Waals surface area contributed by atoms with Gasteiger partial charge in [0.2, 0.25) is 0 Å². The maximum absolute atomic E-state index is 13.9. The molecule has 0 bridgehead atoms. The fourth-order valence-corrected chi connectivity index (χ4v) is 2.59. The number of benzene rings is 1. The molecule has 2 aromatic rings. The highest BCUT2D eigenvalue weighted by molar-refractivity contribution is 9.10. The van der Waals surface area contributed by atoms with Crippen LogP contribution in [-0.2, 0) is 4.74 Å². The molecule has 1 aromatic heterocycles. The van der Waals surface area contributed by atoms with E-state index >= 15 is 0 Å². The molecule has 0 radical (unpaired) electrons. The minimum atomic E-state index is -0.534. The summed E-state index contributed by atoms with van der Waals surface area (Å²) in [5.74, 6) is -1.03. The first kappa shape index (κ1) is 12.0. The van der Waals surface area contributed by atoms with E-state index in [0.717, 1.165) is 25.3 Å². The highest BCUT2D eigenvalue weighted by atomic mass is 79.9. The lowest BCUT2D eigenvalue weighted by Gasteiger charge is -2.22. The van der Waals surface area contributed by atoms with Crippen molar-refractivity contribution in [1.82, 2.24) is 9.78 Å². The number of rotatable bonds is 1. The molecule has 18 heavy (non-hydrogen) atoms. The quantitative estimate of drug-likeness (QED) is 0.749. The van der Waals surface area contributed by atoms with Gasteiger partial charge < -0.3 is 4.74 Å². The standard InChI is InChI=1S/C12H11BrF2N2O/c13-8-5-9(14)12-7(11(8)15)6-17(16-12)10-3-1-2-4-18-10/h5-6,10H,1-4H2. The molecule has 1 saturated heterocycles. The minimum absolute atomic E-state index is 0.0462. The van der Waals surface area contributed by atoms with Gasteiger partial charge in [0.15, 0.2) is 5.82 Å². The molecule has 3 rings (SSSR count). The van der Waals surface area contributed by atoms with Crippen molar-refractivity contribution in [2.45, 2.75) is 25.5 Å². The molecule has 1 aromatic carbocycles. The van der Waals surface area contributed by atoms with E-state index in [1.54, 1.807) is 0 Å². The SMILES string of the molecule is Fc1c(Br)cc(F)c2nn(C3CCCCO3)cc12. The van der Waals surface area contributed by atoms with E-state index in [1.807, 2.05) is 0 Å². The van der Waals surface area contributed by atoms with Crippen LogP contribution in [0.1, 0.15) is 25.5 Å². The predicted molar refractivity (Wildman–Crippen MR) is 66.2 cm³/mol. The fourth-order valence-electron chi connectivity index (χ4n) is 2.18. The molecule has 0 N–H and O–H groups in total. The van der Waals surface area contributed by atoms with Crippen molar-refractivity contribution >= 4 is 26.8 Å². The van der Waals surface area contributed by atoms with Crippen molar-refractivity contribution in [3.8, 4) is 0 Å². The summed E-state index contributed by atoms with van der Waals surface area (Å²) in [7, 11) is 0. The number of fused-ring (bicyclic) bond motifs is 1. The van der Waals surface area contributed by atoms with Crippen LogP contribution in [0.25, 0.3) is 10.9 Å². The van der Waals surface area contributed by atoms with Gasteiger partial charge in [-0.2, -0.15) is 5.10 Å². The van der Waals surface area contributed by atoms with Crippen LogP contribution in [-0.4, -0.2) is 16.4 Å². The van der Waals surface area contributed by atoms with Crippen LogP contribution in [0.4, 0.5) is 8.78 Å². The van der Waals surface area contributed by atoms with E-state index in [9.17, 15) is 8.78 Å². The van der Waals surface area contributed by atoms with Crippen molar-refractivity contribution in [1.29, 1.82) is 0 Å². The van der Waals surface area contributed by atoms with Gasteiger partial charge in [-0.15, -0.1) is 0 Å². The minimum Gasteiger partial charge on any atom is -0.357 e. The zero-order valence-corrected chi connectivity index (χ0v) is 11.1. The van der Waals surface area contributed by atoms with Gasteiger partial charge in [-0.05, 0) is 41.3 Å². The van der Waals surface area contributed by atoms with Crippen LogP contribution < -0.4 is 0 Å². The third-order valence-electron chi connectivity index (χ3n) is 3.11.